The molecule has 0 saturated heterocycles. The van der Waals surface area contributed by atoms with Crippen LogP contribution in [0.15, 0.2) is 59.5 Å². The Kier molecular flexibility index (Phi) is 5.50. The third-order valence-electron chi connectivity index (χ3n) is 2.98. The Labute approximate surface area is 125 Å². The molecule has 0 spiro atoms. The summed E-state index contributed by atoms with van der Waals surface area (Å²) in [6.45, 7) is 0.596. The number of methoxy groups -OCH3 is 1. The summed E-state index contributed by atoms with van der Waals surface area (Å²) in [4.78, 5) is 0.166. The van der Waals surface area contributed by atoms with Crippen LogP contribution in [-0.2, 0) is 19.0 Å². The topological polar surface area (TPSA) is 52.6 Å². The number of hydrogen-bond donors (Lipinski definition) is 0. The first-order valence-electron chi connectivity index (χ1n) is 6.67. The highest BCUT2D eigenvalue weighted by Crippen LogP contribution is 2.21. The second-order valence-electron chi connectivity index (χ2n) is 4.51. The maximum Gasteiger partial charge on any atom is 0.296 e. The first-order chi connectivity index (χ1) is 10.1. The van der Waals surface area contributed by atoms with E-state index in [2.05, 4.69) is 0 Å². The molecule has 5 heteroatoms. The molecule has 0 aromatic heterocycles. The molecule has 0 aliphatic heterocycles. The molecule has 0 aliphatic rings. The van der Waals surface area contributed by atoms with Crippen LogP contribution in [0.3, 0.4) is 0 Å². The molecular formula is C16H18O4S. The molecule has 0 aliphatic carbocycles. The van der Waals surface area contributed by atoms with Gasteiger partial charge in [-0.15, -0.1) is 0 Å². The normalized spacial score (nSPS) is 11.5. The maximum atomic E-state index is 12.0. The van der Waals surface area contributed by atoms with E-state index in [9.17, 15) is 8.42 Å². The second kappa shape index (κ2) is 7.36. The molecular weight excluding hydrogens is 288 g/mol. The molecule has 0 radical (unpaired) electrons. The van der Waals surface area contributed by atoms with Crippen LogP contribution in [0.25, 0.3) is 11.1 Å². The predicted molar refractivity (Wildman–Crippen MR) is 81.5 cm³/mol. The fourth-order valence-corrected chi connectivity index (χ4v) is 2.83. The van der Waals surface area contributed by atoms with Gasteiger partial charge in [0.2, 0.25) is 0 Å². The van der Waals surface area contributed by atoms with Gasteiger partial charge in [-0.2, -0.15) is 8.42 Å². The lowest BCUT2D eigenvalue weighted by atomic mass is 10.1. The van der Waals surface area contributed by atoms with Crippen LogP contribution >= 0.6 is 0 Å². The van der Waals surface area contributed by atoms with E-state index < -0.39 is 10.1 Å². The predicted octanol–water partition coefficient (Wildman–Crippen LogP) is 3.10. The first-order valence-corrected chi connectivity index (χ1v) is 8.08. The van der Waals surface area contributed by atoms with Crippen molar-refractivity contribution in [3.63, 3.8) is 0 Å². The summed E-state index contributed by atoms with van der Waals surface area (Å²) in [6, 6.07) is 16.5. The average molecular weight is 306 g/mol. The Bertz CT molecular complexity index is 648. The van der Waals surface area contributed by atoms with Gasteiger partial charge < -0.3 is 4.74 Å². The highest BCUT2D eigenvalue weighted by molar-refractivity contribution is 7.86. The van der Waals surface area contributed by atoms with Crippen LogP contribution in [0.1, 0.15) is 6.42 Å². The van der Waals surface area contributed by atoms with Crippen LogP contribution in [0.5, 0.6) is 0 Å². The number of hydrogen-bond acceptors (Lipinski definition) is 4. The van der Waals surface area contributed by atoms with E-state index in [1.807, 2.05) is 30.3 Å². The quantitative estimate of drug-likeness (QED) is 0.582. The molecule has 2 aromatic rings. The van der Waals surface area contributed by atoms with Crippen molar-refractivity contribution >= 4 is 10.1 Å². The van der Waals surface area contributed by atoms with Crippen molar-refractivity contribution in [2.75, 3.05) is 20.3 Å². The van der Waals surface area contributed by atoms with E-state index in [4.69, 9.17) is 8.92 Å². The Morgan fingerprint density at radius 2 is 1.48 bits per heavy atom. The van der Waals surface area contributed by atoms with Crippen molar-refractivity contribution in [1.82, 2.24) is 0 Å². The van der Waals surface area contributed by atoms with E-state index in [0.717, 1.165) is 11.1 Å². The van der Waals surface area contributed by atoms with Gasteiger partial charge in [-0.25, -0.2) is 0 Å². The average Bonchev–Trinajstić information content (AvgIpc) is 2.53. The zero-order valence-electron chi connectivity index (χ0n) is 11.9. The van der Waals surface area contributed by atoms with Crippen LogP contribution in [0.2, 0.25) is 0 Å². The smallest absolute Gasteiger partial charge is 0.296 e. The van der Waals surface area contributed by atoms with Gasteiger partial charge in [0.05, 0.1) is 11.5 Å². The largest absolute Gasteiger partial charge is 0.385 e. The molecule has 0 saturated carbocycles. The van der Waals surface area contributed by atoms with E-state index in [1.54, 1.807) is 31.4 Å². The zero-order chi connectivity index (χ0) is 15.1. The van der Waals surface area contributed by atoms with Crippen molar-refractivity contribution in [3.05, 3.63) is 54.6 Å². The number of ether oxygens (including phenoxy) is 1. The maximum absolute atomic E-state index is 12.0. The Morgan fingerprint density at radius 3 is 2.10 bits per heavy atom. The minimum Gasteiger partial charge on any atom is -0.385 e. The van der Waals surface area contributed by atoms with E-state index in [0.29, 0.717) is 13.0 Å². The lowest BCUT2D eigenvalue weighted by Gasteiger charge is -2.07. The third-order valence-corrected chi connectivity index (χ3v) is 4.31. The van der Waals surface area contributed by atoms with Gasteiger partial charge in [0, 0.05) is 13.7 Å². The third kappa shape index (κ3) is 4.39. The molecule has 0 N–H and O–H groups in total. The summed E-state index contributed by atoms with van der Waals surface area (Å²) >= 11 is 0. The van der Waals surface area contributed by atoms with Crippen LogP contribution in [-0.4, -0.2) is 28.7 Å². The monoisotopic (exact) mass is 306 g/mol. The van der Waals surface area contributed by atoms with Crippen LogP contribution < -0.4 is 0 Å². The molecule has 0 unspecified atom stereocenters. The van der Waals surface area contributed by atoms with Gasteiger partial charge in [-0.05, 0) is 29.7 Å². The van der Waals surface area contributed by atoms with Crippen molar-refractivity contribution in [2.24, 2.45) is 0 Å². The van der Waals surface area contributed by atoms with Crippen LogP contribution in [0.4, 0.5) is 0 Å². The van der Waals surface area contributed by atoms with Crippen molar-refractivity contribution in [2.45, 2.75) is 11.3 Å². The van der Waals surface area contributed by atoms with Crippen molar-refractivity contribution in [3.8, 4) is 11.1 Å². The minimum absolute atomic E-state index is 0.122. The van der Waals surface area contributed by atoms with Crippen molar-refractivity contribution < 1.29 is 17.3 Å². The van der Waals surface area contributed by atoms with Gasteiger partial charge in [0.25, 0.3) is 10.1 Å². The summed E-state index contributed by atoms with van der Waals surface area (Å²) in [5.41, 5.74) is 2.01. The number of benzene rings is 2. The first kappa shape index (κ1) is 15.7. The van der Waals surface area contributed by atoms with Crippen LogP contribution in [0, 0.1) is 0 Å². The Hall–Kier alpha value is -1.69. The fourth-order valence-electron chi connectivity index (χ4n) is 1.88. The van der Waals surface area contributed by atoms with E-state index >= 15 is 0 Å². The SMILES string of the molecule is COCCCOS(=O)(=O)c1ccc(-c2ccccc2)cc1. The Balaban J connectivity index is 2.08. The highest BCUT2D eigenvalue weighted by atomic mass is 32.2. The molecule has 0 bridgehead atoms. The van der Waals surface area contributed by atoms with Gasteiger partial charge in [-0.1, -0.05) is 42.5 Å². The standard InChI is InChI=1S/C16H18O4S/c1-19-12-5-13-20-21(17,18)16-10-8-15(9-11-16)14-6-3-2-4-7-14/h2-4,6-11H,5,12-13H2,1H3. The molecule has 0 fully saturated rings. The Morgan fingerprint density at radius 1 is 0.857 bits per heavy atom. The van der Waals surface area contributed by atoms with Gasteiger partial charge in [0.1, 0.15) is 0 Å². The molecule has 0 amide bonds. The molecule has 112 valence electrons. The minimum atomic E-state index is -3.70. The van der Waals surface area contributed by atoms with Gasteiger partial charge in [-0.3, -0.25) is 4.18 Å². The zero-order valence-corrected chi connectivity index (χ0v) is 12.7. The number of rotatable bonds is 7. The highest BCUT2D eigenvalue weighted by Gasteiger charge is 2.14. The van der Waals surface area contributed by atoms with Gasteiger partial charge in [0.15, 0.2) is 0 Å². The summed E-state index contributed by atoms with van der Waals surface area (Å²) < 4.78 is 33.8. The lowest BCUT2D eigenvalue weighted by molar-refractivity contribution is 0.174. The summed E-state index contributed by atoms with van der Waals surface area (Å²) in [5, 5.41) is 0. The second-order valence-corrected chi connectivity index (χ2v) is 6.13. The van der Waals surface area contributed by atoms with E-state index in [-0.39, 0.29) is 11.5 Å². The molecule has 2 rings (SSSR count). The molecule has 21 heavy (non-hydrogen) atoms. The summed E-state index contributed by atoms with van der Waals surface area (Å²) in [5.74, 6) is 0. The molecule has 4 nitrogen and oxygen atoms in total. The van der Waals surface area contributed by atoms with Gasteiger partial charge >= 0.3 is 0 Å². The summed E-state index contributed by atoms with van der Waals surface area (Å²) in [7, 11) is -2.13. The van der Waals surface area contributed by atoms with E-state index in [1.165, 1.54) is 0 Å². The lowest BCUT2D eigenvalue weighted by Crippen LogP contribution is -2.08. The van der Waals surface area contributed by atoms with Crippen molar-refractivity contribution in [1.29, 1.82) is 0 Å². The molecule has 2 aromatic carbocycles. The summed E-state index contributed by atoms with van der Waals surface area (Å²) in [6.07, 6.45) is 0.540. The molecule has 0 heterocycles. The fraction of sp³-hybridized carbons (Fsp3) is 0.250. The molecule has 0 atom stereocenters.